The highest BCUT2D eigenvalue weighted by Gasteiger charge is 2.31. The van der Waals surface area contributed by atoms with E-state index in [1.54, 1.807) is 0 Å². The molecule has 140 valence electrons. The van der Waals surface area contributed by atoms with Gasteiger partial charge in [-0.1, -0.05) is 31.0 Å². The van der Waals surface area contributed by atoms with Crippen LogP contribution in [0.2, 0.25) is 0 Å². The molecule has 2 N–H and O–H groups in total. The summed E-state index contributed by atoms with van der Waals surface area (Å²) in [6.45, 7) is 7.16. The lowest BCUT2D eigenvalue weighted by Crippen LogP contribution is -2.51. The van der Waals surface area contributed by atoms with Gasteiger partial charge in [0.2, 0.25) is 0 Å². The van der Waals surface area contributed by atoms with E-state index in [9.17, 15) is 5.11 Å². The number of hydrogen-bond donors (Lipinski definition) is 2. The Morgan fingerprint density at radius 3 is 2.60 bits per heavy atom. The van der Waals surface area contributed by atoms with Gasteiger partial charge in [-0.2, -0.15) is 0 Å². The van der Waals surface area contributed by atoms with E-state index < -0.39 is 0 Å². The Labute approximate surface area is 152 Å². The smallest absolute Gasteiger partial charge is 0.124 e. The van der Waals surface area contributed by atoms with Crippen LogP contribution in [0.3, 0.4) is 0 Å². The van der Waals surface area contributed by atoms with Crippen LogP contribution in [0.25, 0.3) is 0 Å². The highest BCUT2D eigenvalue weighted by Crippen LogP contribution is 2.28. The first-order valence-electron chi connectivity index (χ1n) is 10.1. The zero-order valence-corrected chi connectivity index (χ0v) is 15.8. The van der Waals surface area contributed by atoms with E-state index in [4.69, 9.17) is 4.74 Å². The maximum Gasteiger partial charge on any atom is 0.124 e. The first-order valence-corrected chi connectivity index (χ1v) is 10.1. The minimum Gasteiger partial charge on any atom is -0.494 e. The third-order valence-electron chi connectivity index (χ3n) is 5.86. The molecule has 0 amide bonds. The first kappa shape index (κ1) is 18.7. The van der Waals surface area contributed by atoms with Gasteiger partial charge in [0, 0.05) is 36.8 Å². The summed E-state index contributed by atoms with van der Waals surface area (Å²) in [5.74, 6) is 0.993. The van der Waals surface area contributed by atoms with Gasteiger partial charge in [0.1, 0.15) is 5.75 Å². The van der Waals surface area contributed by atoms with Crippen LogP contribution in [0.4, 0.5) is 0 Å². The van der Waals surface area contributed by atoms with Crippen molar-refractivity contribution in [3.05, 3.63) is 29.8 Å². The fourth-order valence-electron chi connectivity index (χ4n) is 4.48. The van der Waals surface area contributed by atoms with Gasteiger partial charge < -0.3 is 15.2 Å². The molecule has 3 unspecified atom stereocenters. The van der Waals surface area contributed by atoms with Gasteiger partial charge in [-0.05, 0) is 45.6 Å². The van der Waals surface area contributed by atoms with Crippen molar-refractivity contribution >= 4 is 0 Å². The number of benzene rings is 1. The van der Waals surface area contributed by atoms with E-state index in [0.29, 0.717) is 24.7 Å². The molecular weight excluding hydrogens is 312 g/mol. The number of piperidine rings is 1. The maximum absolute atomic E-state index is 10.3. The van der Waals surface area contributed by atoms with Gasteiger partial charge in [-0.25, -0.2) is 0 Å². The lowest BCUT2D eigenvalue weighted by atomic mass is 9.89. The average Bonchev–Trinajstić information content (AvgIpc) is 2.64. The normalized spacial score (nSPS) is 27.2. The van der Waals surface area contributed by atoms with Crippen LogP contribution in [0.5, 0.6) is 5.75 Å². The fourth-order valence-corrected chi connectivity index (χ4v) is 4.48. The minimum absolute atomic E-state index is 0.116. The molecule has 3 rings (SSSR count). The zero-order valence-electron chi connectivity index (χ0n) is 15.8. The SMILES string of the molecule is CCOc1ccccc1C(C)NC1CCN(C2CCCCC2O)CC1. The molecule has 2 fully saturated rings. The summed E-state index contributed by atoms with van der Waals surface area (Å²) in [5, 5.41) is 14.1. The van der Waals surface area contributed by atoms with Gasteiger partial charge in [0.15, 0.2) is 0 Å². The molecule has 0 bridgehead atoms. The van der Waals surface area contributed by atoms with E-state index in [2.05, 4.69) is 35.3 Å². The second-order valence-electron chi connectivity index (χ2n) is 7.59. The van der Waals surface area contributed by atoms with Crippen LogP contribution >= 0.6 is 0 Å². The number of aliphatic hydroxyl groups excluding tert-OH is 1. The second kappa shape index (κ2) is 9.02. The quantitative estimate of drug-likeness (QED) is 0.827. The Morgan fingerprint density at radius 2 is 1.88 bits per heavy atom. The summed E-state index contributed by atoms with van der Waals surface area (Å²) in [6, 6.07) is 9.57. The van der Waals surface area contributed by atoms with E-state index >= 15 is 0 Å². The maximum atomic E-state index is 10.3. The Balaban J connectivity index is 1.52. The molecule has 2 aliphatic rings. The number of nitrogens with zero attached hydrogens (tertiary/aromatic N) is 1. The van der Waals surface area contributed by atoms with Crippen molar-refractivity contribution in [2.24, 2.45) is 0 Å². The Bertz CT molecular complexity index is 528. The number of para-hydroxylation sites is 1. The summed E-state index contributed by atoms with van der Waals surface area (Å²) in [7, 11) is 0. The molecule has 1 saturated carbocycles. The second-order valence-corrected chi connectivity index (χ2v) is 7.59. The molecule has 1 saturated heterocycles. The van der Waals surface area contributed by atoms with Gasteiger partial charge >= 0.3 is 0 Å². The number of rotatable bonds is 6. The average molecular weight is 347 g/mol. The molecule has 1 aromatic carbocycles. The highest BCUT2D eigenvalue weighted by atomic mass is 16.5. The number of hydrogen-bond acceptors (Lipinski definition) is 4. The van der Waals surface area contributed by atoms with Crippen LogP contribution in [0, 0.1) is 0 Å². The Kier molecular flexibility index (Phi) is 6.74. The lowest BCUT2D eigenvalue weighted by Gasteiger charge is -2.42. The minimum atomic E-state index is -0.116. The highest BCUT2D eigenvalue weighted by molar-refractivity contribution is 5.35. The summed E-state index contributed by atoms with van der Waals surface area (Å²) < 4.78 is 5.78. The molecule has 25 heavy (non-hydrogen) atoms. The predicted molar refractivity (Wildman–Crippen MR) is 102 cm³/mol. The number of ether oxygens (including phenoxy) is 1. The largest absolute Gasteiger partial charge is 0.494 e. The van der Waals surface area contributed by atoms with Gasteiger partial charge in [-0.3, -0.25) is 4.90 Å². The summed E-state index contributed by atoms with van der Waals surface area (Å²) in [6.07, 6.45) is 6.80. The molecule has 3 atom stereocenters. The monoisotopic (exact) mass is 346 g/mol. The molecule has 0 radical (unpaired) electrons. The van der Waals surface area contributed by atoms with Crippen molar-refractivity contribution < 1.29 is 9.84 Å². The summed E-state index contributed by atoms with van der Waals surface area (Å²) in [4.78, 5) is 2.53. The van der Waals surface area contributed by atoms with Crippen LogP contribution in [-0.4, -0.2) is 47.9 Å². The zero-order chi connectivity index (χ0) is 17.6. The van der Waals surface area contributed by atoms with Crippen molar-refractivity contribution in [2.75, 3.05) is 19.7 Å². The lowest BCUT2D eigenvalue weighted by molar-refractivity contribution is 0.00669. The van der Waals surface area contributed by atoms with Crippen molar-refractivity contribution in [2.45, 2.75) is 76.6 Å². The standard InChI is InChI=1S/C21H34N2O2/c1-3-25-21-11-7-4-8-18(21)16(2)22-17-12-14-23(15-13-17)19-9-5-6-10-20(19)24/h4,7-8,11,16-17,19-20,22,24H,3,5-6,9-10,12-15H2,1-2H3. The van der Waals surface area contributed by atoms with Gasteiger partial charge in [0.25, 0.3) is 0 Å². The topological polar surface area (TPSA) is 44.7 Å². The van der Waals surface area contributed by atoms with Crippen molar-refractivity contribution in [3.8, 4) is 5.75 Å². The molecule has 0 aromatic heterocycles. The molecule has 1 heterocycles. The number of likely N-dealkylation sites (tertiary alicyclic amines) is 1. The van der Waals surface area contributed by atoms with Crippen LogP contribution < -0.4 is 10.1 Å². The van der Waals surface area contributed by atoms with Crippen LogP contribution in [0.1, 0.15) is 64.0 Å². The van der Waals surface area contributed by atoms with E-state index in [-0.39, 0.29) is 6.10 Å². The van der Waals surface area contributed by atoms with Crippen molar-refractivity contribution in [1.29, 1.82) is 0 Å². The Hall–Kier alpha value is -1.10. The fraction of sp³-hybridized carbons (Fsp3) is 0.714. The van der Waals surface area contributed by atoms with Crippen molar-refractivity contribution in [3.63, 3.8) is 0 Å². The molecule has 1 aliphatic heterocycles. The first-order chi connectivity index (χ1) is 12.2. The van der Waals surface area contributed by atoms with E-state index in [1.165, 1.54) is 18.4 Å². The number of aliphatic hydroxyl groups is 1. The van der Waals surface area contributed by atoms with Gasteiger partial charge in [0.05, 0.1) is 12.7 Å². The predicted octanol–water partition coefficient (Wildman–Crippen LogP) is 3.50. The molecule has 4 nitrogen and oxygen atoms in total. The summed E-state index contributed by atoms with van der Waals surface area (Å²) in [5.41, 5.74) is 1.24. The van der Waals surface area contributed by atoms with Crippen molar-refractivity contribution in [1.82, 2.24) is 10.2 Å². The summed E-state index contributed by atoms with van der Waals surface area (Å²) >= 11 is 0. The molecule has 1 aliphatic carbocycles. The van der Waals surface area contributed by atoms with E-state index in [1.807, 2.05) is 13.0 Å². The molecule has 1 aromatic rings. The van der Waals surface area contributed by atoms with Gasteiger partial charge in [-0.15, -0.1) is 0 Å². The third kappa shape index (κ3) is 4.75. The molecule has 4 heteroatoms. The van der Waals surface area contributed by atoms with E-state index in [0.717, 1.165) is 44.5 Å². The van der Waals surface area contributed by atoms with Crippen LogP contribution in [0.15, 0.2) is 24.3 Å². The Morgan fingerprint density at radius 1 is 1.16 bits per heavy atom. The third-order valence-corrected chi connectivity index (χ3v) is 5.86. The molecule has 0 spiro atoms. The number of nitrogens with one attached hydrogen (secondary N) is 1. The van der Waals surface area contributed by atoms with Crippen LogP contribution in [-0.2, 0) is 0 Å². The molecular formula is C21H34N2O2.